The molecule has 1 aromatic carbocycles. The lowest BCUT2D eigenvalue weighted by Gasteiger charge is -2.33. The second kappa shape index (κ2) is 5.18. The van der Waals surface area contributed by atoms with Crippen molar-refractivity contribution in [2.45, 2.75) is 31.4 Å². The highest BCUT2D eigenvalue weighted by atomic mass is 79.9. The largest absolute Gasteiger partial charge is 0.481 e. The van der Waals surface area contributed by atoms with Gasteiger partial charge >= 0.3 is 0 Å². The molecule has 2 aliphatic heterocycles. The summed E-state index contributed by atoms with van der Waals surface area (Å²) >= 11 is 3.70. The summed E-state index contributed by atoms with van der Waals surface area (Å²) in [5, 5.41) is 3.50. The van der Waals surface area contributed by atoms with Crippen LogP contribution in [0.2, 0.25) is 0 Å². The zero-order valence-corrected chi connectivity index (χ0v) is 13.5. The fourth-order valence-corrected chi connectivity index (χ4v) is 4.01. The number of fused-ring (bicyclic) bond motifs is 3. The van der Waals surface area contributed by atoms with Crippen molar-refractivity contribution in [3.05, 3.63) is 52.3 Å². The summed E-state index contributed by atoms with van der Waals surface area (Å²) in [5.41, 5.74) is 2.35. The van der Waals surface area contributed by atoms with Gasteiger partial charge in [-0.3, -0.25) is 0 Å². The second-order valence-electron chi connectivity index (χ2n) is 5.94. The van der Waals surface area contributed by atoms with Crippen molar-refractivity contribution in [1.82, 2.24) is 9.88 Å². The maximum Gasteiger partial charge on any atom is 0.150 e. The minimum Gasteiger partial charge on any atom is -0.481 e. The molecule has 1 unspecified atom stereocenters. The number of benzene rings is 1. The Bertz CT molecular complexity index is 657. The first-order valence-electron chi connectivity index (χ1n) is 7.62. The van der Waals surface area contributed by atoms with Crippen LogP contribution in [0.5, 0.6) is 5.75 Å². The standard InChI is InChI=1S/C17H19BrN2O/c18-16-7-6-15-17(8-3-10-19-11-9-17)21-14-5-2-1-4-13(14)12-20(15)16/h1-2,4-7,19H,3,8-12H2. The van der Waals surface area contributed by atoms with Crippen molar-refractivity contribution >= 4 is 15.9 Å². The molecule has 3 heterocycles. The summed E-state index contributed by atoms with van der Waals surface area (Å²) in [7, 11) is 0. The number of nitrogens with zero attached hydrogens (tertiary/aromatic N) is 1. The Kier molecular flexibility index (Phi) is 3.31. The van der Waals surface area contributed by atoms with E-state index in [0.29, 0.717) is 0 Å². The van der Waals surface area contributed by atoms with E-state index in [4.69, 9.17) is 4.74 Å². The van der Waals surface area contributed by atoms with Crippen LogP contribution in [0.3, 0.4) is 0 Å². The summed E-state index contributed by atoms with van der Waals surface area (Å²) in [6.07, 6.45) is 3.22. The Morgan fingerprint density at radius 2 is 2.00 bits per heavy atom. The number of hydrogen-bond donors (Lipinski definition) is 1. The average Bonchev–Trinajstić information content (AvgIpc) is 2.68. The molecule has 4 heteroatoms. The normalized spacial score (nSPS) is 24.6. The quantitative estimate of drug-likeness (QED) is 0.787. The Morgan fingerprint density at radius 1 is 1.10 bits per heavy atom. The SMILES string of the molecule is Brc1ccc2n1Cc1ccccc1OC21CCCNCC1. The van der Waals surface area contributed by atoms with Gasteiger partial charge in [0, 0.05) is 12.0 Å². The number of para-hydroxylation sites is 1. The van der Waals surface area contributed by atoms with Crippen molar-refractivity contribution < 1.29 is 4.74 Å². The van der Waals surface area contributed by atoms with Gasteiger partial charge in [0.2, 0.25) is 0 Å². The van der Waals surface area contributed by atoms with Gasteiger partial charge in [-0.2, -0.15) is 0 Å². The van der Waals surface area contributed by atoms with Gasteiger partial charge in [0.1, 0.15) is 11.4 Å². The maximum absolute atomic E-state index is 6.62. The Balaban J connectivity index is 1.89. The molecular weight excluding hydrogens is 328 g/mol. The smallest absolute Gasteiger partial charge is 0.150 e. The monoisotopic (exact) mass is 346 g/mol. The van der Waals surface area contributed by atoms with Gasteiger partial charge in [-0.25, -0.2) is 0 Å². The van der Waals surface area contributed by atoms with E-state index in [1.54, 1.807) is 0 Å². The highest BCUT2D eigenvalue weighted by Crippen LogP contribution is 2.42. The second-order valence-corrected chi connectivity index (χ2v) is 6.75. The van der Waals surface area contributed by atoms with Crippen LogP contribution in [0, 0.1) is 0 Å². The van der Waals surface area contributed by atoms with Gasteiger partial charge in [0.05, 0.1) is 16.8 Å². The van der Waals surface area contributed by atoms with Gasteiger partial charge in [-0.05, 0) is 60.1 Å². The molecule has 0 radical (unpaired) electrons. The predicted octanol–water partition coefficient (Wildman–Crippen LogP) is 3.66. The van der Waals surface area contributed by atoms with Crippen molar-refractivity contribution in [3.63, 3.8) is 0 Å². The number of halogens is 1. The van der Waals surface area contributed by atoms with Crippen LogP contribution in [0.25, 0.3) is 0 Å². The zero-order valence-electron chi connectivity index (χ0n) is 11.9. The molecule has 4 rings (SSSR count). The molecule has 0 bridgehead atoms. The molecule has 2 aliphatic rings. The molecule has 21 heavy (non-hydrogen) atoms. The first-order valence-corrected chi connectivity index (χ1v) is 8.41. The molecule has 0 aliphatic carbocycles. The van der Waals surface area contributed by atoms with Crippen molar-refractivity contribution in [2.24, 2.45) is 0 Å². The van der Waals surface area contributed by atoms with E-state index in [2.05, 4.69) is 62.2 Å². The Morgan fingerprint density at radius 3 is 2.95 bits per heavy atom. The molecule has 0 saturated carbocycles. The highest BCUT2D eigenvalue weighted by molar-refractivity contribution is 9.10. The Labute approximate surface area is 133 Å². The molecule has 1 spiro atoms. The van der Waals surface area contributed by atoms with Gasteiger partial charge in [-0.15, -0.1) is 0 Å². The lowest BCUT2D eigenvalue weighted by molar-refractivity contribution is 0.0485. The summed E-state index contributed by atoms with van der Waals surface area (Å²) in [4.78, 5) is 0. The molecule has 2 aromatic rings. The summed E-state index contributed by atoms with van der Waals surface area (Å²) < 4.78 is 10.1. The van der Waals surface area contributed by atoms with Crippen LogP contribution in [0.1, 0.15) is 30.5 Å². The molecule has 1 aromatic heterocycles. The van der Waals surface area contributed by atoms with Gasteiger partial charge in [0.25, 0.3) is 0 Å². The van der Waals surface area contributed by atoms with E-state index in [-0.39, 0.29) is 5.60 Å². The average molecular weight is 347 g/mol. The van der Waals surface area contributed by atoms with E-state index >= 15 is 0 Å². The van der Waals surface area contributed by atoms with Crippen molar-refractivity contribution in [1.29, 1.82) is 0 Å². The third kappa shape index (κ3) is 2.21. The fraction of sp³-hybridized carbons (Fsp3) is 0.412. The van der Waals surface area contributed by atoms with Crippen LogP contribution in [0.15, 0.2) is 41.0 Å². The van der Waals surface area contributed by atoms with Crippen molar-refractivity contribution in [2.75, 3.05) is 13.1 Å². The lowest BCUT2D eigenvalue weighted by Crippen LogP contribution is -2.35. The minimum atomic E-state index is -0.206. The summed E-state index contributed by atoms with van der Waals surface area (Å²) in [6.45, 7) is 2.95. The predicted molar refractivity (Wildman–Crippen MR) is 86.7 cm³/mol. The maximum atomic E-state index is 6.62. The van der Waals surface area contributed by atoms with Gasteiger partial charge < -0.3 is 14.6 Å². The van der Waals surface area contributed by atoms with E-state index in [9.17, 15) is 0 Å². The third-order valence-electron chi connectivity index (χ3n) is 4.64. The van der Waals surface area contributed by atoms with Crippen LogP contribution >= 0.6 is 15.9 Å². The first kappa shape index (κ1) is 13.4. The Hall–Kier alpha value is -1.26. The zero-order chi connectivity index (χ0) is 14.3. The van der Waals surface area contributed by atoms with Crippen molar-refractivity contribution in [3.8, 4) is 5.75 Å². The number of hydrogen-bond acceptors (Lipinski definition) is 2. The van der Waals surface area contributed by atoms with Crippen LogP contribution in [-0.4, -0.2) is 17.7 Å². The number of rotatable bonds is 0. The van der Waals surface area contributed by atoms with Crippen LogP contribution < -0.4 is 10.1 Å². The van der Waals surface area contributed by atoms with E-state index in [1.807, 2.05) is 0 Å². The minimum absolute atomic E-state index is 0.206. The molecular formula is C17H19BrN2O. The number of nitrogens with one attached hydrogen (secondary N) is 1. The van der Waals surface area contributed by atoms with E-state index in [1.165, 1.54) is 11.3 Å². The van der Waals surface area contributed by atoms with Gasteiger partial charge in [0.15, 0.2) is 0 Å². The van der Waals surface area contributed by atoms with Crippen LogP contribution in [-0.2, 0) is 12.1 Å². The third-order valence-corrected chi connectivity index (χ3v) is 5.33. The lowest BCUT2D eigenvalue weighted by atomic mass is 9.90. The molecule has 1 fully saturated rings. The fourth-order valence-electron chi connectivity index (χ4n) is 3.57. The first-order chi connectivity index (χ1) is 10.3. The highest BCUT2D eigenvalue weighted by Gasteiger charge is 2.40. The molecule has 1 atom stereocenters. The summed E-state index contributed by atoms with van der Waals surface area (Å²) in [6, 6.07) is 12.8. The number of aromatic nitrogens is 1. The van der Waals surface area contributed by atoms with Crippen LogP contribution in [0.4, 0.5) is 0 Å². The van der Waals surface area contributed by atoms with E-state index < -0.39 is 0 Å². The van der Waals surface area contributed by atoms with Gasteiger partial charge in [-0.1, -0.05) is 18.2 Å². The molecule has 110 valence electrons. The molecule has 1 saturated heterocycles. The topological polar surface area (TPSA) is 26.2 Å². The number of ether oxygens (including phenoxy) is 1. The summed E-state index contributed by atoms with van der Waals surface area (Å²) in [5.74, 6) is 1.04. The molecule has 3 nitrogen and oxygen atoms in total. The molecule has 1 N–H and O–H groups in total. The van der Waals surface area contributed by atoms with E-state index in [0.717, 1.165) is 49.2 Å². The molecule has 0 amide bonds.